The van der Waals surface area contributed by atoms with E-state index >= 15 is 0 Å². The van der Waals surface area contributed by atoms with E-state index in [1.54, 1.807) is 0 Å². The van der Waals surface area contributed by atoms with Gasteiger partial charge >= 0.3 is 0 Å². The predicted molar refractivity (Wildman–Crippen MR) is 55.2 cm³/mol. The number of carbonyl (C=O) groups is 1. The average Bonchev–Trinajstić information content (AvgIpc) is 2.33. The molecule has 0 radical (unpaired) electrons. The first kappa shape index (κ1) is 10.1. The number of aromatic nitrogens is 2. The zero-order valence-electron chi connectivity index (χ0n) is 8.16. The molecule has 2 aromatic rings. The fraction of sp³-hybridized carbons (Fsp3) is 0. The lowest BCUT2D eigenvalue weighted by Gasteiger charge is -2.03. The van der Waals surface area contributed by atoms with Crippen molar-refractivity contribution in [3.63, 3.8) is 0 Å². The molecule has 80 valence electrons. The number of hydrogen-bond donors (Lipinski definition) is 2. The quantitative estimate of drug-likeness (QED) is 0.580. The molecule has 0 amide bonds. The largest absolute Gasteiger partial charge is 0.504 e. The Hall–Kier alpha value is -2.43. The van der Waals surface area contributed by atoms with E-state index in [0.717, 1.165) is 0 Å². The van der Waals surface area contributed by atoms with Crippen LogP contribution in [0.4, 0.5) is 0 Å². The number of phenolic OH excluding ortho intramolecular Hbond substituents is 2. The summed E-state index contributed by atoms with van der Waals surface area (Å²) in [6.07, 6.45) is 2.67. The highest BCUT2D eigenvalue weighted by molar-refractivity contribution is 6.09. The van der Waals surface area contributed by atoms with Gasteiger partial charge in [-0.15, -0.1) is 0 Å². The lowest BCUT2D eigenvalue weighted by atomic mass is 10.1. The second-order valence-corrected chi connectivity index (χ2v) is 3.10. The van der Waals surface area contributed by atoms with E-state index in [9.17, 15) is 15.0 Å². The fourth-order valence-corrected chi connectivity index (χ4v) is 1.28. The fourth-order valence-electron chi connectivity index (χ4n) is 1.28. The number of para-hydroxylation sites is 1. The normalized spacial score (nSPS) is 10.0. The van der Waals surface area contributed by atoms with Crippen molar-refractivity contribution >= 4 is 5.78 Å². The first-order chi connectivity index (χ1) is 7.70. The monoisotopic (exact) mass is 216 g/mol. The van der Waals surface area contributed by atoms with Gasteiger partial charge in [-0.1, -0.05) is 6.07 Å². The maximum atomic E-state index is 11.9. The molecule has 5 heteroatoms. The Morgan fingerprint density at radius 2 is 2.00 bits per heavy atom. The SMILES string of the molecule is O=C(c1ccncn1)c1cccc(O)c1O. The van der Waals surface area contributed by atoms with Gasteiger partial charge in [0.25, 0.3) is 0 Å². The van der Waals surface area contributed by atoms with Gasteiger partial charge in [0.15, 0.2) is 11.5 Å². The summed E-state index contributed by atoms with van der Waals surface area (Å²) in [4.78, 5) is 19.3. The summed E-state index contributed by atoms with van der Waals surface area (Å²) in [6, 6.07) is 5.63. The Kier molecular flexibility index (Phi) is 2.51. The van der Waals surface area contributed by atoms with Gasteiger partial charge in [0.1, 0.15) is 12.0 Å². The van der Waals surface area contributed by atoms with Gasteiger partial charge in [0.2, 0.25) is 5.78 Å². The van der Waals surface area contributed by atoms with E-state index in [1.165, 1.54) is 36.8 Å². The first-order valence-electron chi connectivity index (χ1n) is 4.52. The van der Waals surface area contributed by atoms with Crippen LogP contribution >= 0.6 is 0 Å². The minimum atomic E-state index is -0.462. The number of hydrogen-bond acceptors (Lipinski definition) is 5. The smallest absolute Gasteiger partial charge is 0.215 e. The van der Waals surface area contributed by atoms with Gasteiger partial charge in [0, 0.05) is 6.20 Å². The number of ketones is 1. The lowest BCUT2D eigenvalue weighted by molar-refractivity contribution is 0.103. The molecule has 0 bridgehead atoms. The van der Waals surface area contributed by atoms with Gasteiger partial charge in [-0.25, -0.2) is 9.97 Å². The van der Waals surface area contributed by atoms with E-state index in [-0.39, 0.29) is 17.0 Å². The van der Waals surface area contributed by atoms with Crippen LogP contribution in [0.2, 0.25) is 0 Å². The van der Waals surface area contributed by atoms with Crippen LogP contribution < -0.4 is 0 Å². The van der Waals surface area contributed by atoms with Gasteiger partial charge in [-0.2, -0.15) is 0 Å². The molecule has 0 aliphatic carbocycles. The number of nitrogens with zero attached hydrogens (tertiary/aromatic N) is 2. The molecule has 0 spiro atoms. The predicted octanol–water partition coefficient (Wildman–Crippen LogP) is 1.12. The summed E-state index contributed by atoms with van der Waals surface area (Å²) in [5.41, 5.74) is 0.176. The molecule has 1 heterocycles. The Morgan fingerprint density at radius 3 is 2.69 bits per heavy atom. The zero-order valence-corrected chi connectivity index (χ0v) is 8.16. The average molecular weight is 216 g/mol. The number of rotatable bonds is 2. The number of benzene rings is 1. The van der Waals surface area contributed by atoms with Crippen molar-refractivity contribution < 1.29 is 15.0 Å². The van der Waals surface area contributed by atoms with E-state index in [0.29, 0.717) is 0 Å². The van der Waals surface area contributed by atoms with Crippen LogP contribution in [-0.4, -0.2) is 26.0 Å². The van der Waals surface area contributed by atoms with Crippen molar-refractivity contribution in [3.05, 3.63) is 48.0 Å². The Labute approximate surface area is 91.0 Å². The molecular formula is C11H8N2O3. The van der Waals surface area contributed by atoms with Crippen LogP contribution in [0.3, 0.4) is 0 Å². The first-order valence-corrected chi connectivity index (χ1v) is 4.52. The van der Waals surface area contributed by atoms with Crippen molar-refractivity contribution in [2.24, 2.45) is 0 Å². The molecule has 0 saturated heterocycles. The van der Waals surface area contributed by atoms with E-state index in [4.69, 9.17) is 0 Å². The van der Waals surface area contributed by atoms with Crippen LogP contribution in [0.1, 0.15) is 16.1 Å². The highest BCUT2D eigenvalue weighted by Gasteiger charge is 2.16. The Bertz CT molecular complexity index is 526. The molecule has 0 aliphatic rings. The summed E-state index contributed by atoms with van der Waals surface area (Å²) in [7, 11) is 0. The molecule has 0 unspecified atom stereocenters. The van der Waals surface area contributed by atoms with E-state index < -0.39 is 11.5 Å². The van der Waals surface area contributed by atoms with Gasteiger partial charge in [0.05, 0.1) is 5.56 Å². The molecule has 0 fully saturated rings. The Morgan fingerprint density at radius 1 is 1.19 bits per heavy atom. The lowest BCUT2D eigenvalue weighted by Crippen LogP contribution is -2.04. The Balaban J connectivity index is 2.46. The van der Waals surface area contributed by atoms with Gasteiger partial charge < -0.3 is 10.2 Å². The van der Waals surface area contributed by atoms with E-state index in [2.05, 4.69) is 9.97 Å². The molecule has 2 rings (SSSR count). The molecule has 5 nitrogen and oxygen atoms in total. The van der Waals surface area contributed by atoms with Gasteiger partial charge in [-0.3, -0.25) is 4.79 Å². The van der Waals surface area contributed by atoms with Crippen LogP contribution in [0.15, 0.2) is 36.8 Å². The number of carbonyl (C=O) groups excluding carboxylic acids is 1. The molecule has 2 N–H and O–H groups in total. The molecule has 16 heavy (non-hydrogen) atoms. The van der Waals surface area contributed by atoms with Crippen LogP contribution in [0.25, 0.3) is 0 Å². The van der Waals surface area contributed by atoms with Crippen LogP contribution in [-0.2, 0) is 0 Å². The summed E-state index contributed by atoms with van der Waals surface area (Å²) < 4.78 is 0. The summed E-state index contributed by atoms with van der Waals surface area (Å²) >= 11 is 0. The summed E-state index contributed by atoms with van der Waals surface area (Å²) in [5, 5.41) is 18.8. The van der Waals surface area contributed by atoms with Crippen LogP contribution in [0.5, 0.6) is 11.5 Å². The standard InChI is InChI=1S/C11H8N2O3/c14-9-3-1-2-7(11(9)16)10(15)8-4-5-12-6-13-8/h1-6,14,16H. The number of aromatic hydroxyl groups is 2. The molecule has 1 aromatic carbocycles. The zero-order chi connectivity index (χ0) is 11.5. The minimum absolute atomic E-state index is 0.0127. The maximum Gasteiger partial charge on any atom is 0.215 e. The van der Waals surface area contributed by atoms with Crippen molar-refractivity contribution in [2.45, 2.75) is 0 Å². The second kappa shape index (κ2) is 3.98. The minimum Gasteiger partial charge on any atom is -0.504 e. The van der Waals surface area contributed by atoms with Crippen molar-refractivity contribution in [3.8, 4) is 11.5 Å². The molecule has 0 saturated carbocycles. The van der Waals surface area contributed by atoms with Gasteiger partial charge in [-0.05, 0) is 18.2 Å². The third-order valence-electron chi connectivity index (χ3n) is 2.07. The summed E-state index contributed by atoms with van der Waals surface area (Å²) in [6.45, 7) is 0. The van der Waals surface area contributed by atoms with Crippen molar-refractivity contribution in [2.75, 3.05) is 0 Å². The highest BCUT2D eigenvalue weighted by Crippen LogP contribution is 2.29. The number of phenols is 2. The topological polar surface area (TPSA) is 83.3 Å². The summed E-state index contributed by atoms with van der Waals surface area (Å²) in [5.74, 6) is -1.23. The highest BCUT2D eigenvalue weighted by atomic mass is 16.3. The second-order valence-electron chi connectivity index (χ2n) is 3.10. The van der Waals surface area contributed by atoms with Crippen molar-refractivity contribution in [1.82, 2.24) is 9.97 Å². The van der Waals surface area contributed by atoms with Crippen LogP contribution in [0, 0.1) is 0 Å². The maximum absolute atomic E-state index is 11.9. The van der Waals surface area contributed by atoms with Crippen molar-refractivity contribution in [1.29, 1.82) is 0 Å². The molecular weight excluding hydrogens is 208 g/mol. The molecule has 0 aliphatic heterocycles. The van der Waals surface area contributed by atoms with E-state index in [1.807, 2.05) is 0 Å². The molecule has 1 aromatic heterocycles. The third kappa shape index (κ3) is 1.70. The third-order valence-corrected chi connectivity index (χ3v) is 2.07. The molecule has 0 atom stereocenters.